The van der Waals surface area contributed by atoms with E-state index in [-0.39, 0.29) is 0 Å². The number of ether oxygens (including phenoxy) is 1. The molecule has 3 heterocycles. The molecule has 0 aliphatic carbocycles. The summed E-state index contributed by atoms with van der Waals surface area (Å²) in [6.07, 6.45) is 6.65. The van der Waals surface area contributed by atoms with Crippen LogP contribution in [0, 0.1) is 5.92 Å². The topological polar surface area (TPSA) is 41.5 Å². The van der Waals surface area contributed by atoms with E-state index in [0.29, 0.717) is 18.0 Å². The van der Waals surface area contributed by atoms with Crippen LogP contribution in [0.15, 0.2) is 0 Å². The van der Waals surface area contributed by atoms with Gasteiger partial charge in [0.15, 0.2) is 0 Å². The number of fused-ring (bicyclic) bond motifs is 2. The Bertz CT molecular complexity index is 226. The summed E-state index contributed by atoms with van der Waals surface area (Å²) in [5.74, 6) is 0.386. The van der Waals surface area contributed by atoms with Crippen LogP contribution in [0.2, 0.25) is 0 Å². The van der Waals surface area contributed by atoms with E-state index in [1.807, 2.05) is 0 Å². The molecule has 15 heavy (non-hydrogen) atoms. The minimum atomic E-state index is -0.433. The number of hydrogen-bond acceptors (Lipinski definition) is 3. The largest absolute Gasteiger partial charge is 0.389 e. The van der Waals surface area contributed by atoms with Crippen molar-refractivity contribution in [1.82, 2.24) is 5.32 Å². The van der Waals surface area contributed by atoms with Crippen molar-refractivity contribution in [3.63, 3.8) is 0 Å². The maximum Gasteiger partial charge on any atom is 0.0727 e. The molecule has 3 fully saturated rings. The number of aliphatic hydroxyl groups is 1. The Kier molecular flexibility index (Phi) is 2.49. The lowest BCUT2D eigenvalue weighted by Crippen LogP contribution is -2.54. The molecule has 3 unspecified atom stereocenters. The summed E-state index contributed by atoms with van der Waals surface area (Å²) in [7, 11) is 0. The molecular weight excluding hydrogens is 190 g/mol. The van der Waals surface area contributed by atoms with Gasteiger partial charge in [-0.25, -0.2) is 0 Å². The fraction of sp³-hybridized carbons (Fsp3) is 1.00. The van der Waals surface area contributed by atoms with Crippen molar-refractivity contribution < 1.29 is 9.84 Å². The van der Waals surface area contributed by atoms with Crippen molar-refractivity contribution in [2.45, 2.75) is 56.2 Å². The van der Waals surface area contributed by atoms with Crippen LogP contribution in [0.1, 0.15) is 38.5 Å². The van der Waals surface area contributed by atoms with Gasteiger partial charge in [-0.1, -0.05) is 0 Å². The summed E-state index contributed by atoms with van der Waals surface area (Å²) in [5, 5.41) is 14.3. The Morgan fingerprint density at radius 1 is 1.13 bits per heavy atom. The van der Waals surface area contributed by atoms with Crippen molar-refractivity contribution in [2.75, 3.05) is 13.2 Å². The maximum atomic E-state index is 10.8. The van der Waals surface area contributed by atoms with Gasteiger partial charge in [0, 0.05) is 24.6 Å². The lowest BCUT2D eigenvalue weighted by molar-refractivity contribution is -0.103. The SMILES string of the molecule is OC1(C2CCCOC2)CC2CCC(C1)N2. The van der Waals surface area contributed by atoms with Gasteiger partial charge in [-0.15, -0.1) is 0 Å². The summed E-state index contributed by atoms with van der Waals surface area (Å²) in [6.45, 7) is 1.66. The van der Waals surface area contributed by atoms with Gasteiger partial charge < -0.3 is 15.2 Å². The van der Waals surface area contributed by atoms with Crippen LogP contribution in [0.4, 0.5) is 0 Å². The third-order valence-corrected chi connectivity index (χ3v) is 4.45. The Balaban J connectivity index is 1.72. The minimum absolute atomic E-state index is 0.386. The molecule has 2 N–H and O–H groups in total. The highest BCUT2D eigenvalue weighted by atomic mass is 16.5. The molecule has 3 heteroatoms. The monoisotopic (exact) mass is 211 g/mol. The molecule has 2 bridgehead atoms. The first-order chi connectivity index (χ1) is 7.26. The van der Waals surface area contributed by atoms with Crippen LogP contribution < -0.4 is 5.32 Å². The molecule has 0 aromatic heterocycles. The highest BCUT2D eigenvalue weighted by Crippen LogP contribution is 2.41. The molecule has 3 nitrogen and oxygen atoms in total. The predicted molar refractivity (Wildman–Crippen MR) is 57.7 cm³/mol. The van der Waals surface area contributed by atoms with E-state index in [9.17, 15) is 5.11 Å². The summed E-state index contributed by atoms with van der Waals surface area (Å²) in [5.41, 5.74) is -0.433. The van der Waals surface area contributed by atoms with Gasteiger partial charge in [0.2, 0.25) is 0 Å². The van der Waals surface area contributed by atoms with E-state index < -0.39 is 5.60 Å². The van der Waals surface area contributed by atoms with Gasteiger partial charge in [0.05, 0.1) is 12.2 Å². The van der Waals surface area contributed by atoms with Crippen molar-refractivity contribution in [3.8, 4) is 0 Å². The zero-order valence-electron chi connectivity index (χ0n) is 9.24. The van der Waals surface area contributed by atoms with E-state index in [1.165, 1.54) is 12.8 Å². The summed E-state index contributed by atoms with van der Waals surface area (Å²) < 4.78 is 5.51. The number of rotatable bonds is 1. The van der Waals surface area contributed by atoms with Gasteiger partial charge in [0.25, 0.3) is 0 Å². The van der Waals surface area contributed by atoms with Crippen LogP contribution in [-0.2, 0) is 4.74 Å². The Morgan fingerprint density at radius 3 is 2.47 bits per heavy atom. The molecule has 0 saturated carbocycles. The van der Waals surface area contributed by atoms with Crippen molar-refractivity contribution >= 4 is 0 Å². The third kappa shape index (κ3) is 1.81. The molecule has 3 rings (SSSR count). The van der Waals surface area contributed by atoms with Crippen LogP contribution in [0.5, 0.6) is 0 Å². The van der Waals surface area contributed by atoms with Crippen LogP contribution >= 0.6 is 0 Å². The fourth-order valence-electron chi connectivity index (χ4n) is 3.66. The smallest absolute Gasteiger partial charge is 0.0727 e. The number of hydrogen-bond donors (Lipinski definition) is 2. The van der Waals surface area contributed by atoms with E-state index >= 15 is 0 Å². The van der Waals surface area contributed by atoms with E-state index in [1.54, 1.807) is 0 Å². The number of piperidine rings is 1. The molecule has 3 aliphatic heterocycles. The lowest BCUT2D eigenvalue weighted by atomic mass is 9.75. The van der Waals surface area contributed by atoms with Gasteiger partial charge in [-0.05, 0) is 38.5 Å². The second kappa shape index (κ2) is 3.72. The van der Waals surface area contributed by atoms with Gasteiger partial charge in [0.1, 0.15) is 0 Å². The first kappa shape index (κ1) is 10.1. The highest BCUT2D eigenvalue weighted by molar-refractivity contribution is 5.02. The fourth-order valence-corrected chi connectivity index (χ4v) is 3.66. The molecule has 0 aromatic carbocycles. The van der Waals surface area contributed by atoms with Gasteiger partial charge in [-0.2, -0.15) is 0 Å². The molecule has 0 amide bonds. The molecular formula is C12H21NO2. The van der Waals surface area contributed by atoms with Gasteiger partial charge >= 0.3 is 0 Å². The normalized spacial score (nSPS) is 50.6. The molecule has 3 atom stereocenters. The van der Waals surface area contributed by atoms with Crippen molar-refractivity contribution in [2.24, 2.45) is 5.92 Å². The quantitative estimate of drug-likeness (QED) is 0.681. The zero-order chi connectivity index (χ0) is 10.3. The van der Waals surface area contributed by atoms with Crippen molar-refractivity contribution in [1.29, 1.82) is 0 Å². The average Bonchev–Trinajstić information content (AvgIpc) is 2.60. The molecule has 3 saturated heterocycles. The molecule has 3 aliphatic rings. The highest BCUT2D eigenvalue weighted by Gasteiger charge is 2.47. The second-order valence-corrected chi connectivity index (χ2v) is 5.56. The molecule has 0 radical (unpaired) electrons. The predicted octanol–water partition coefficient (Wildman–Crippen LogP) is 1.06. The van der Waals surface area contributed by atoms with E-state index in [4.69, 9.17) is 4.74 Å². The standard InChI is InChI=1S/C12H21NO2/c14-12(9-2-1-5-15-8-9)6-10-3-4-11(7-12)13-10/h9-11,13-14H,1-8H2. The average molecular weight is 211 g/mol. The summed E-state index contributed by atoms with van der Waals surface area (Å²) >= 11 is 0. The third-order valence-electron chi connectivity index (χ3n) is 4.45. The van der Waals surface area contributed by atoms with Crippen LogP contribution in [-0.4, -0.2) is 36.0 Å². The summed E-state index contributed by atoms with van der Waals surface area (Å²) in [4.78, 5) is 0. The second-order valence-electron chi connectivity index (χ2n) is 5.56. The Hall–Kier alpha value is -0.120. The Labute approximate surface area is 91.2 Å². The molecule has 86 valence electrons. The summed E-state index contributed by atoms with van der Waals surface area (Å²) in [6, 6.07) is 1.13. The lowest BCUT2D eigenvalue weighted by Gasteiger charge is -2.44. The van der Waals surface area contributed by atoms with Crippen molar-refractivity contribution in [3.05, 3.63) is 0 Å². The van der Waals surface area contributed by atoms with Crippen LogP contribution in [0.25, 0.3) is 0 Å². The zero-order valence-corrected chi connectivity index (χ0v) is 9.24. The van der Waals surface area contributed by atoms with Crippen LogP contribution in [0.3, 0.4) is 0 Å². The molecule has 0 spiro atoms. The Morgan fingerprint density at radius 2 is 1.87 bits per heavy atom. The number of nitrogens with one attached hydrogen (secondary N) is 1. The minimum Gasteiger partial charge on any atom is -0.389 e. The van der Waals surface area contributed by atoms with Gasteiger partial charge in [-0.3, -0.25) is 0 Å². The first-order valence-corrected chi connectivity index (χ1v) is 6.32. The van der Waals surface area contributed by atoms with E-state index in [0.717, 1.165) is 38.9 Å². The first-order valence-electron chi connectivity index (χ1n) is 6.32. The van der Waals surface area contributed by atoms with E-state index in [2.05, 4.69) is 5.32 Å². The molecule has 0 aromatic rings. The maximum absolute atomic E-state index is 10.8.